The van der Waals surface area contributed by atoms with Crippen molar-refractivity contribution in [2.75, 3.05) is 19.8 Å². The quantitative estimate of drug-likeness (QED) is 0.900. The third kappa shape index (κ3) is 2.77. The van der Waals surface area contributed by atoms with E-state index in [9.17, 15) is 4.79 Å². The molecule has 2 heterocycles. The highest BCUT2D eigenvalue weighted by atomic mass is 16.5. The fourth-order valence-corrected chi connectivity index (χ4v) is 2.47. The minimum absolute atomic E-state index is 0.192. The molecule has 1 aromatic carbocycles. The summed E-state index contributed by atoms with van der Waals surface area (Å²) in [5.74, 6) is 0.252. The Kier molecular flexibility index (Phi) is 3.60. The van der Waals surface area contributed by atoms with Gasteiger partial charge >= 0.3 is 5.97 Å². The van der Waals surface area contributed by atoms with Crippen LogP contribution in [0, 0.1) is 5.92 Å². The van der Waals surface area contributed by atoms with E-state index in [2.05, 4.69) is 4.98 Å². The molecule has 3 rings (SSSR count). The van der Waals surface area contributed by atoms with Crippen molar-refractivity contribution in [2.45, 2.75) is 12.8 Å². The van der Waals surface area contributed by atoms with Crippen LogP contribution in [0.3, 0.4) is 0 Å². The lowest BCUT2D eigenvalue weighted by molar-refractivity contribution is 0.0352. The standard InChI is InChI=1S/C15H17NO4/c17-15(18)14-7-11-6-12(3-4-13(11)16-14)20-9-10-2-1-5-19-8-10/h3-4,6-7,10,16H,1-2,5,8-9H2,(H,17,18). The largest absolute Gasteiger partial charge is 0.493 e. The molecule has 5 nitrogen and oxygen atoms in total. The van der Waals surface area contributed by atoms with Gasteiger partial charge in [-0.3, -0.25) is 0 Å². The molecule has 0 radical (unpaired) electrons. The molecule has 0 spiro atoms. The predicted octanol–water partition coefficient (Wildman–Crippen LogP) is 2.67. The van der Waals surface area contributed by atoms with Crippen molar-refractivity contribution < 1.29 is 19.4 Å². The van der Waals surface area contributed by atoms with Crippen LogP contribution in [0.5, 0.6) is 5.75 Å². The van der Waals surface area contributed by atoms with Gasteiger partial charge in [-0.2, -0.15) is 0 Å². The van der Waals surface area contributed by atoms with E-state index in [4.69, 9.17) is 14.6 Å². The SMILES string of the molecule is O=C(O)c1cc2cc(OCC3CCCOC3)ccc2[nH]1. The lowest BCUT2D eigenvalue weighted by atomic mass is 10.0. The minimum atomic E-state index is -0.956. The van der Waals surface area contributed by atoms with Crippen molar-refractivity contribution in [3.63, 3.8) is 0 Å². The molecule has 20 heavy (non-hydrogen) atoms. The summed E-state index contributed by atoms with van der Waals surface area (Å²) >= 11 is 0. The first-order valence-corrected chi connectivity index (χ1v) is 6.79. The molecule has 2 N–H and O–H groups in total. The highest BCUT2D eigenvalue weighted by Gasteiger charge is 2.15. The Balaban J connectivity index is 1.70. The maximum atomic E-state index is 10.9. The Hall–Kier alpha value is -2.01. The van der Waals surface area contributed by atoms with Gasteiger partial charge in [-0.1, -0.05) is 0 Å². The van der Waals surface area contributed by atoms with Crippen molar-refractivity contribution in [3.8, 4) is 5.75 Å². The van der Waals surface area contributed by atoms with Gasteiger partial charge in [0.2, 0.25) is 0 Å². The van der Waals surface area contributed by atoms with Crippen molar-refractivity contribution in [3.05, 3.63) is 30.0 Å². The number of carboxylic acid groups (broad SMARTS) is 1. The molecule has 2 aromatic rings. The number of fused-ring (bicyclic) bond motifs is 1. The maximum Gasteiger partial charge on any atom is 0.352 e. The Labute approximate surface area is 116 Å². The van der Waals surface area contributed by atoms with E-state index in [0.29, 0.717) is 12.5 Å². The van der Waals surface area contributed by atoms with Gasteiger partial charge in [-0.25, -0.2) is 4.79 Å². The van der Waals surface area contributed by atoms with Gasteiger partial charge in [0.25, 0.3) is 0 Å². The number of aromatic carboxylic acids is 1. The van der Waals surface area contributed by atoms with Crippen molar-refractivity contribution in [1.82, 2.24) is 4.98 Å². The number of hydrogen-bond acceptors (Lipinski definition) is 3. The average molecular weight is 275 g/mol. The van der Waals surface area contributed by atoms with E-state index >= 15 is 0 Å². The summed E-state index contributed by atoms with van der Waals surface area (Å²) in [5, 5.41) is 9.80. The Bertz CT molecular complexity index is 613. The van der Waals surface area contributed by atoms with Crippen LogP contribution < -0.4 is 4.74 Å². The number of H-pyrrole nitrogens is 1. The summed E-state index contributed by atoms with van der Waals surface area (Å²) in [6.45, 7) is 2.25. The normalized spacial score (nSPS) is 19.1. The molecular weight excluding hydrogens is 258 g/mol. The zero-order chi connectivity index (χ0) is 13.9. The van der Waals surface area contributed by atoms with E-state index in [0.717, 1.165) is 42.7 Å². The molecule has 1 aromatic heterocycles. The predicted molar refractivity (Wildman–Crippen MR) is 74.3 cm³/mol. The topological polar surface area (TPSA) is 71.6 Å². The van der Waals surface area contributed by atoms with Crippen molar-refractivity contribution in [2.24, 2.45) is 5.92 Å². The lowest BCUT2D eigenvalue weighted by Crippen LogP contribution is -2.23. The second-order valence-electron chi connectivity index (χ2n) is 5.13. The third-order valence-electron chi connectivity index (χ3n) is 3.56. The first kappa shape index (κ1) is 13.0. The van der Waals surface area contributed by atoms with Crippen LogP contribution in [0.4, 0.5) is 0 Å². The second-order valence-corrected chi connectivity index (χ2v) is 5.13. The van der Waals surface area contributed by atoms with E-state index < -0.39 is 5.97 Å². The molecule has 106 valence electrons. The Morgan fingerprint density at radius 3 is 3.10 bits per heavy atom. The zero-order valence-electron chi connectivity index (χ0n) is 11.1. The Morgan fingerprint density at radius 2 is 2.35 bits per heavy atom. The van der Waals surface area contributed by atoms with Gasteiger partial charge < -0.3 is 19.6 Å². The van der Waals surface area contributed by atoms with Crippen LogP contribution in [-0.4, -0.2) is 35.9 Å². The van der Waals surface area contributed by atoms with E-state index in [1.807, 2.05) is 18.2 Å². The summed E-state index contributed by atoms with van der Waals surface area (Å²) in [7, 11) is 0. The molecular formula is C15H17NO4. The first-order chi connectivity index (χ1) is 9.72. The molecule has 1 unspecified atom stereocenters. The van der Waals surface area contributed by atoms with Gasteiger partial charge in [-0.05, 0) is 37.1 Å². The van der Waals surface area contributed by atoms with E-state index in [1.54, 1.807) is 6.07 Å². The highest BCUT2D eigenvalue weighted by Crippen LogP contribution is 2.23. The summed E-state index contributed by atoms with van der Waals surface area (Å²) in [5.41, 5.74) is 0.994. The monoisotopic (exact) mass is 275 g/mol. The molecule has 0 amide bonds. The van der Waals surface area contributed by atoms with Gasteiger partial charge in [0.1, 0.15) is 11.4 Å². The average Bonchev–Trinajstić information content (AvgIpc) is 2.89. The van der Waals surface area contributed by atoms with Crippen LogP contribution in [-0.2, 0) is 4.74 Å². The lowest BCUT2D eigenvalue weighted by Gasteiger charge is -2.22. The molecule has 1 aliphatic rings. The summed E-state index contributed by atoms with van der Waals surface area (Å²) < 4.78 is 11.2. The second kappa shape index (κ2) is 5.54. The molecule has 1 saturated heterocycles. The fourth-order valence-electron chi connectivity index (χ4n) is 2.47. The molecule has 1 aliphatic heterocycles. The minimum Gasteiger partial charge on any atom is -0.493 e. The number of carbonyl (C=O) groups is 1. The number of rotatable bonds is 4. The molecule has 0 saturated carbocycles. The van der Waals surface area contributed by atoms with Crippen LogP contribution in [0.2, 0.25) is 0 Å². The number of aromatic nitrogens is 1. The van der Waals surface area contributed by atoms with Crippen molar-refractivity contribution >= 4 is 16.9 Å². The Morgan fingerprint density at radius 1 is 1.45 bits per heavy atom. The summed E-state index contributed by atoms with van der Waals surface area (Å²) in [4.78, 5) is 13.8. The van der Waals surface area contributed by atoms with Gasteiger partial charge in [-0.15, -0.1) is 0 Å². The highest BCUT2D eigenvalue weighted by molar-refractivity contribution is 5.94. The molecule has 5 heteroatoms. The summed E-state index contributed by atoms with van der Waals surface area (Å²) in [6.07, 6.45) is 2.22. The number of nitrogens with one attached hydrogen (secondary N) is 1. The zero-order valence-corrected chi connectivity index (χ0v) is 11.1. The van der Waals surface area contributed by atoms with Crippen molar-refractivity contribution in [1.29, 1.82) is 0 Å². The van der Waals surface area contributed by atoms with Crippen LogP contribution in [0.15, 0.2) is 24.3 Å². The van der Waals surface area contributed by atoms with Gasteiger partial charge in [0.15, 0.2) is 0 Å². The molecule has 1 atom stereocenters. The van der Waals surface area contributed by atoms with Crippen LogP contribution in [0.1, 0.15) is 23.3 Å². The molecule has 0 bridgehead atoms. The third-order valence-corrected chi connectivity index (χ3v) is 3.56. The molecule has 1 fully saturated rings. The number of carboxylic acids is 1. The van der Waals surface area contributed by atoms with Gasteiger partial charge in [0, 0.05) is 23.4 Å². The molecule has 0 aliphatic carbocycles. The first-order valence-electron chi connectivity index (χ1n) is 6.79. The number of aromatic amines is 1. The van der Waals surface area contributed by atoms with Crippen LogP contribution in [0.25, 0.3) is 10.9 Å². The fraction of sp³-hybridized carbons (Fsp3) is 0.400. The summed E-state index contributed by atoms with van der Waals surface area (Å²) in [6, 6.07) is 7.18. The van der Waals surface area contributed by atoms with Crippen LogP contribution >= 0.6 is 0 Å². The number of ether oxygens (including phenoxy) is 2. The van der Waals surface area contributed by atoms with Gasteiger partial charge in [0.05, 0.1) is 13.2 Å². The smallest absolute Gasteiger partial charge is 0.352 e. The van der Waals surface area contributed by atoms with E-state index in [1.165, 1.54) is 0 Å². The number of hydrogen-bond donors (Lipinski definition) is 2. The van der Waals surface area contributed by atoms with E-state index in [-0.39, 0.29) is 5.69 Å². The maximum absolute atomic E-state index is 10.9. The number of benzene rings is 1.